The van der Waals surface area contributed by atoms with E-state index in [1.54, 1.807) is 196 Å². The molecule has 2 fully saturated rings. The SMILES string of the molecule is CCN1C(=O)/C(=N/C2=Cc3sc(-c4sc5c(c4CC(=O)OCc4ccccc4)C(C(=O)OCc4ccccc4)(C(=O)OCc4ccccc4)C(/N=C4\SC(=S)N(CC)C4=O)=C5)c(CC(=O)OCc4ccccc4)c3C2(C(=O)OCc2ccccc2)C(=O)OCc2ccccc2)SC1=S. The van der Waals surface area contributed by atoms with Crippen molar-refractivity contribution >= 4 is 149 Å². The summed E-state index contributed by atoms with van der Waals surface area (Å²) < 4.78 is 37.6. The molecule has 2 aliphatic heterocycles. The molecule has 0 bridgehead atoms. The maximum atomic E-state index is 16.1. The molecule has 494 valence electrons. The number of esters is 6. The van der Waals surface area contributed by atoms with Crippen LogP contribution in [0, 0.1) is 0 Å². The average molecular weight is 1420 g/mol. The molecule has 0 radical (unpaired) electrons. The zero-order valence-corrected chi connectivity index (χ0v) is 57.4. The molecule has 0 N–H and O–H groups in total. The monoisotopic (exact) mass is 1420 g/mol. The van der Waals surface area contributed by atoms with E-state index in [-0.39, 0.29) is 125 Å². The number of thioether (sulfide) groups is 2. The Hall–Kier alpha value is -9.82. The first-order valence-corrected chi connectivity index (χ1v) is 35.0. The summed E-state index contributed by atoms with van der Waals surface area (Å²) in [5, 5.41) is -0.348. The summed E-state index contributed by atoms with van der Waals surface area (Å²) in [6, 6.07) is 52.6. The van der Waals surface area contributed by atoms with E-state index >= 15 is 28.8 Å². The number of aliphatic imine (C=N–C) groups is 2. The molecule has 0 saturated carbocycles. The van der Waals surface area contributed by atoms with Crippen LogP contribution in [-0.4, -0.2) is 89.2 Å². The molecule has 2 aromatic heterocycles. The highest BCUT2D eigenvalue weighted by atomic mass is 32.2. The van der Waals surface area contributed by atoms with Crippen LogP contribution < -0.4 is 0 Å². The predicted octanol–water partition coefficient (Wildman–Crippen LogP) is 12.8. The lowest BCUT2D eigenvalue weighted by Gasteiger charge is -2.29. The Morgan fingerprint density at radius 2 is 0.653 bits per heavy atom. The van der Waals surface area contributed by atoms with Crippen LogP contribution >= 0.6 is 70.6 Å². The predicted molar refractivity (Wildman–Crippen MR) is 382 cm³/mol. The second-order valence-corrected chi connectivity index (χ2v) is 27.8. The zero-order chi connectivity index (χ0) is 68.5. The Bertz CT molecular complexity index is 4190. The van der Waals surface area contributed by atoms with Gasteiger partial charge in [-0.3, -0.25) is 48.2 Å². The lowest BCUT2D eigenvalue weighted by Crippen LogP contribution is -2.47. The number of hydrogen-bond acceptors (Lipinski definition) is 22. The molecule has 2 amide bonds. The summed E-state index contributed by atoms with van der Waals surface area (Å²) in [4.78, 5) is 136. The number of fused-ring (bicyclic) bond motifs is 2. The van der Waals surface area contributed by atoms with Gasteiger partial charge in [-0.2, -0.15) is 0 Å². The lowest BCUT2D eigenvalue weighted by molar-refractivity contribution is -0.166. The van der Waals surface area contributed by atoms with Crippen LogP contribution in [0.5, 0.6) is 0 Å². The van der Waals surface area contributed by atoms with Crippen LogP contribution in [0.4, 0.5) is 0 Å². The van der Waals surface area contributed by atoms with E-state index < -0.39 is 71.3 Å². The Morgan fingerprint density at radius 1 is 0.398 bits per heavy atom. The Kier molecular flexibility index (Phi) is 21.1. The molecule has 2 aliphatic carbocycles. The van der Waals surface area contributed by atoms with Gasteiger partial charge in [-0.1, -0.05) is 206 Å². The van der Waals surface area contributed by atoms with Crippen molar-refractivity contribution in [3.8, 4) is 9.75 Å². The van der Waals surface area contributed by atoms with Gasteiger partial charge in [-0.15, -0.1) is 22.7 Å². The molecule has 2 saturated heterocycles. The summed E-state index contributed by atoms with van der Waals surface area (Å²) in [5.74, 6) is -7.70. The third-order valence-corrected chi connectivity index (χ3v) is 21.4. The van der Waals surface area contributed by atoms with Gasteiger partial charge >= 0.3 is 35.8 Å². The molecule has 4 aliphatic rings. The standard InChI is InChI=1S/C74H58N4O14S6/c1-3-77-65(81)63(97-71(77)93)75-55-37-53-59(73(55,67(83)89-41-47-27-15-7-16-28-47)68(84)90-42-48-29-17-8-18-30-48)51(35-57(79)87-39-45-23-11-5-12-24-45)61(95-53)62-52(36-58(80)88-40-46-25-13-6-14-26-46)60-54(96-62)38-56(76-64-66(82)78(4-2)72(94)98-64)74(60,69(85)91-43-49-31-19-9-20-32-49)70(86)92-44-50-33-21-10-22-34-50/h5-34,37-38H,3-4,35-36,39-44H2,1-2H3/b75-63-,76-64-. The minimum atomic E-state index is -2.76. The Morgan fingerprint density at radius 3 is 0.898 bits per heavy atom. The number of thiophene rings is 2. The summed E-state index contributed by atoms with van der Waals surface area (Å²) in [6.45, 7) is 1.89. The highest BCUT2D eigenvalue weighted by Crippen LogP contribution is 2.59. The van der Waals surface area contributed by atoms with E-state index in [1.807, 2.05) is 0 Å². The van der Waals surface area contributed by atoms with Crippen molar-refractivity contribution in [2.24, 2.45) is 9.98 Å². The van der Waals surface area contributed by atoms with Gasteiger partial charge in [0.1, 0.15) is 48.3 Å². The molecule has 6 aromatic carbocycles. The van der Waals surface area contributed by atoms with Gasteiger partial charge in [0, 0.05) is 43.7 Å². The highest BCUT2D eigenvalue weighted by molar-refractivity contribution is 8.35. The molecule has 0 atom stereocenters. The van der Waals surface area contributed by atoms with E-state index in [0.717, 1.165) is 46.2 Å². The van der Waals surface area contributed by atoms with Crippen molar-refractivity contribution in [1.82, 2.24) is 9.80 Å². The first kappa shape index (κ1) is 68.1. The van der Waals surface area contributed by atoms with Gasteiger partial charge in [-0.05, 0) is 94.0 Å². The fourth-order valence-corrected chi connectivity index (χ4v) is 16.9. The van der Waals surface area contributed by atoms with E-state index in [2.05, 4.69) is 0 Å². The van der Waals surface area contributed by atoms with Crippen molar-refractivity contribution in [2.75, 3.05) is 13.1 Å². The summed E-state index contributed by atoms with van der Waals surface area (Å²) in [6.07, 6.45) is 1.51. The fourth-order valence-electron chi connectivity index (χ4n) is 11.5. The van der Waals surface area contributed by atoms with Gasteiger partial charge in [0.05, 0.1) is 24.2 Å². The normalized spacial score (nSPS) is 15.8. The first-order valence-electron chi connectivity index (χ1n) is 30.9. The minimum absolute atomic E-state index is 0.0211. The van der Waals surface area contributed by atoms with Crippen molar-refractivity contribution in [3.63, 3.8) is 0 Å². The molecule has 4 heterocycles. The highest BCUT2D eigenvalue weighted by Gasteiger charge is 2.63. The second-order valence-electron chi connectivity index (χ2n) is 22.4. The summed E-state index contributed by atoms with van der Waals surface area (Å²) in [7, 11) is 0. The van der Waals surface area contributed by atoms with Crippen LogP contribution in [0.2, 0.25) is 0 Å². The summed E-state index contributed by atoms with van der Waals surface area (Å²) >= 11 is 15.0. The van der Waals surface area contributed by atoms with Crippen molar-refractivity contribution in [1.29, 1.82) is 0 Å². The van der Waals surface area contributed by atoms with Gasteiger partial charge < -0.3 is 28.4 Å². The lowest BCUT2D eigenvalue weighted by atomic mass is 9.77. The number of rotatable bonds is 25. The number of carbonyl (C=O) groups excluding carboxylic acids is 8. The van der Waals surface area contributed by atoms with Crippen LogP contribution in [0.15, 0.2) is 203 Å². The smallest absolute Gasteiger partial charge is 0.334 e. The van der Waals surface area contributed by atoms with Gasteiger partial charge in [0.2, 0.25) is 10.8 Å². The van der Waals surface area contributed by atoms with Gasteiger partial charge in [0.25, 0.3) is 11.8 Å². The third-order valence-electron chi connectivity index (χ3n) is 16.3. The molecule has 24 heteroatoms. The second kappa shape index (κ2) is 30.3. The fraction of sp³-hybridized carbons (Fsp3) is 0.189. The number of nitrogens with zero attached hydrogens (tertiary/aromatic N) is 4. The minimum Gasteiger partial charge on any atom is -0.461 e. The maximum Gasteiger partial charge on any atom is 0.334 e. The molecule has 98 heavy (non-hydrogen) atoms. The molecule has 12 rings (SSSR count). The van der Waals surface area contributed by atoms with Crippen molar-refractivity contribution < 1.29 is 66.8 Å². The maximum absolute atomic E-state index is 16.1. The third kappa shape index (κ3) is 13.9. The molecule has 0 spiro atoms. The number of amides is 2. The number of thiocarbonyl (C=S) groups is 2. The van der Waals surface area contributed by atoms with Gasteiger partial charge in [0.15, 0.2) is 10.1 Å². The summed E-state index contributed by atoms with van der Waals surface area (Å²) in [5.41, 5.74) is -3.03. The molecule has 0 unspecified atom stereocenters. The zero-order valence-electron chi connectivity index (χ0n) is 52.5. The van der Waals surface area contributed by atoms with Gasteiger partial charge in [-0.25, -0.2) is 9.98 Å². The Labute approximate surface area is 590 Å². The molecule has 18 nitrogen and oxygen atoms in total. The number of carbonyl (C=O) groups is 8. The van der Waals surface area contributed by atoms with E-state index in [4.69, 9.17) is 62.8 Å². The van der Waals surface area contributed by atoms with E-state index in [1.165, 1.54) is 22.0 Å². The quantitative estimate of drug-likeness (QED) is 0.0224. The largest absolute Gasteiger partial charge is 0.461 e. The number of ether oxygens (including phenoxy) is 6. The van der Waals surface area contributed by atoms with Crippen LogP contribution in [0.3, 0.4) is 0 Å². The average Bonchev–Trinajstić information content (AvgIpc) is 1.53. The number of hydrogen-bond donors (Lipinski definition) is 0. The molecular formula is C74H58N4O14S6. The van der Waals surface area contributed by atoms with E-state index in [9.17, 15) is 9.59 Å². The molecule has 8 aromatic rings. The van der Waals surface area contributed by atoms with E-state index in [0.29, 0.717) is 33.4 Å². The first-order chi connectivity index (χ1) is 47.6. The molecular weight excluding hydrogens is 1360 g/mol. The van der Waals surface area contributed by atoms with Crippen molar-refractivity contribution in [3.05, 3.63) is 259 Å². The van der Waals surface area contributed by atoms with Crippen LogP contribution in [0.25, 0.3) is 21.9 Å². The number of benzene rings is 6. The van der Waals surface area contributed by atoms with Crippen LogP contribution in [-0.2, 0) is 130 Å². The Balaban J connectivity index is 1.14. The van der Waals surface area contributed by atoms with Crippen molar-refractivity contribution in [2.45, 2.75) is 77.2 Å². The van der Waals surface area contributed by atoms with Crippen LogP contribution in [0.1, 0.15) is 79.2 Å². The topological polar surface area (TPSA) is 223 Å².